The summed E-state index contributed by atoms with van der Waals surface area (Å²) in [7, 11) is 1.68. The third-order valence-electron chi connectivity index (χ3n) is 1.60. The van der Waals surface area contributed by atoms with Crippen molar-refractivity contribution in [2.24, 2.45) is 0 Å². The van der Waals surface area contributed by atoms with Crippen LogP contribution in [0.3, 0.4) is 0 Å². The Bertz CT molecular complexity index is 129. The number of hydrogen-bond donors (Lipinski definition) is 2. The number of nitrogens with one attached hydrogen (secondary N) is 2. The minimum atomic E-state index is -0.0701. The van der Waals surface area contributed by atoms with Crippen LogP contribution in [0.2, 0.25) is 0 Å². The number of ether oxygens (including phenoxy) is 1. The van der Waals surface area contributed by atoms with Crippen LogP contribution in [0.4, 0.5) is 4.79 Å². The van der Waals surface area contributed by atoms with E-state index in [0.29, 0.717) is 0 Å². The predicted molar refractivity (Wildman–Crippen MR) is 52.8 cm³/mol. The van der Waals surface area contributed by atoms with Gasteiger partial charge in [-0.25, -0.2) is 4.79 Å². The van der Waals surface area contributed by atoms with E-state index in [1.807, 2.05) is 6.92 Å². The maximum atomic E-state index is 11.0. The molecule has 0 saturated heterocycles. The van der Waals surface area contributed by atoms with Crippen LogP contribution in [0.1, 0.15) is 26.2 Å². The van der Waals surface area contributed by atoms with Crippen molar-refractivity contribution in [1.29, 1.82) is 0 Å². The van der Waals surface area contributed by atoms with E-state index in [0.717, 1.165) is 39.0 Å². The second-order valence-corrected chi connectivity index (χ2v) is 2.88. The summed E-state index contributed by atoms with van der Waals surface area (Å²) in [6, 6.07) is -0.0701. The second kappa shape index (κ2) is 9.32. The first-order chi connectivity index (χ1) is 6.31. The van der Waals surface area contributed by atoms with Gasteiger partial charge in [0, 0.05) is 26.8 Å². The van der Waals surface area contributed by atoms with Gasteiger partial charge >= 0.3 is 6.03 Å². The van der Waals surface area contributed by atoms with E-state index >= 15 is 0 Å². The number of amides is 2. The minimum absolute atomic E-state index is 0.0701. The number of hydrogen-bond acceptors (Lipinski definition) is 2. The van der Waals surface area contributed by atoms with Gasteiger partial charge in [0.2, 0.25) is 0 Å². The predicted octanol–water partition coefficient (Wildman–Crippen LogP) is 1.12. The second-order valence-electron chi connectivity index (χ2n) is 2.88. The monoisotopic (exact) mass is 188 g/mol. The van der Waals surface area contributed by atoms with Crippen LogP contribution in [-0.2, 0) is 4.74 Å². The van der Waals surface area contributed by atoms with Crippen molar-refractivity contribution in [3.63, 3.8) is 0 Å². The van der Waals surface area contributed by atoms with E-state index in [-0.39, 0.29) is 6.03 Å². The Kier molecular flexibility index (Phi) is 8.77. The molecule has 4 heteroatoms. The van der Waals surface area contributed by atoms with Crippen molar-refractivity contribution in [2.45, 2.75) is 26.2 Å². The van der Waals surface area contributed by atoms with Crippen LogP contribution in [0.15, 0.2) is 0 Å². The number of rotatable bonds is 7. The van der Waals surface area contributed by atoms with E-state index in [4.69, 9.17) is 4.74 Å². The summed E-state index contributed by atoms with van der Waals surface area (Å²) in [5.41, 5.74) is 0. The fourth-order valence-corrected chi connectivity index (χ4v) is 0.874. The summed E-state index contributed by atoms with van der Waals surface area (Å²) >= 11 is 0. The van der Waals surface area contributed by atoms with Gasteiger partial charge < -0.3 is 15.4 Å². The van der Waals surface area contributed by atoms with Gasteiger partial charge in [-0.15, -0.1) is 0 Å². The average molecular weight is 188 g/mol. The van der Waals surface area contributed by atoms with Crippen LogP contribution in [0.5, 0.6) is 0 Å². The molecule has 0 unspecified atom stereocenters. The zero-order valence-electron chi connectivity index (χ0n) is 8.56. The Morgan fingerprint density at radius 2 is 1.92 bits per heavy atom. The van der Waals surface area contributed by atoms with E-state index in [9.17, 15) is 4.79 Å². The standard InChI is InChI=1S/C9H20N2O2/c1-3-6-10-9(12)11-7-4-5-8-13-2/h3-8H2,1-2H3,(H2,10,11,12). The lowest BCUT2D eigenvalue weighted by Crippen LogP contribution is -2.36. The average Bonchev–Trinajstić information content (AvgIpc) is 2.14. The maximum Gasteiger partial charge on any atom is 0.314 e. The number of carbonyl (C=O) groups excluding carboxylic acids is 1. The smallest absolute Gasteiger partial charge is 0.314 e. The molecule has 0 heterocycles. The molecule has 0 aliphatic rings. The SMILES string of the molecule is CCCNC(=O)NCCCCOC. The van der Waals surface area contributed by atoms with E-state index < -0.39 is 0 Å². The zero-order chi connectivity index (χ0) is 9.94. The molecule has 4 nitrogen and oxygen atoms in total. The molecule has 0 rings (SSSR count). The van der Waals surface area contributed by atoms with Crippen LogP contribution in [0.25, 0.3) is 0 Å². The Labute approximate surface area is 80.0 Å². The van der Waals surface area contributed by atoms with Gasteiger partial charge in [-0.05, 0) is 19.3 Å². The van der Waals surface area contributed by atoms with Gasteiger partial charge in [-0.2, -0.15) is 0 Å². The molecule has 2 amide bonds. The third kappa shape index (κ3) is 9.14. The fraction of sp³-hybridized carbons (Fsp3) is 0.889. The van der Waals surface area contributed by atoms with E-state index in [1.54, 1.807) is 7.11 Å². The maximum absolute atomic E-state index is 11.0. The first-order valence-corrected chi connectivity index (χ1v) is 4.82. The summed E-state index contributed by atoms with van der Waals surface area (Å²) in [5, 5.41) is 5.51. The molecule has 13 heavy (non-hydrogen) atoms. The minimum Gasteiger partial charge on any atom is -0.385 e. The van der Waals surface area contributed by atoms with Gasteiger partial charge in [0.15, 0.2) is 0 Å². The van der Waals surface area contributed by atoms with Crippen molar-refractivity contribution < 1.29 is 9.53 Å². The van der Waals surface area contributed by atoms with Crippen molar-refractivity contribution in [3.05, 3.63) is 0 Å². The molecule has 0 aromatic rings. The van der Waals surface area contributed by atoms with Gasteiger partial charge in [-0.3, -0.25) is 0 Å². The van der Waals surface area contributed by atoms with E-state index in [1.165, 1.54) is 0 Å². The highest BCUT2D eigenvalue weighted by atomic mass is 16.5. The van der Waals surface area contributed by atoms with Crippen LogP contribution >= 0.6 is 0 Å². The molecule has 0 aliphatic carbocycles. The normalized spacial score (nSPS) is 9.69. The summed E-state index contributed by atoms with van der Waals surface area (Å²) in [6.07, 6.45) is 2.93. The fourth-order valence-electron chi connectivity index (χ4n) is 0.874. The first-order valence-electron chi connectivity index (χ1n) is 4.82. The lowest BCUT2D eigenvalue weighted by molar-refractivity contribution is 0.192. The highest BCUT2D eigenvalue weighted by Gasteiger charge is 1.96. The zero-order valence-corrected chi connectivity index (χ0v) is 8.56. The Morgan fingerprint density at radius 3 is 2.54 bits per heavy atom. The number of urea groups is 1. The summed E-state index contributed by atoms with van der Waals surface area (Å²) < 4.78 is 4.89. The lowest BCUT2D eigenvalue weighted by atomic mass is 10.3. The highest BCUT2D eigenvalue weighted by Crippen LogP contribution is 1.86. The Hall–Kier alpha value is -0.770. The molecule has 0 fully saturated rings. The number of unbranched alkanes of at least 4 members (excludes halogenated alkanes) is 1. The lowest BCUT2D eigenvalue weighted by Gasteiger charge is -2.05. The quantitative estimate of drug-likeness (QED) is 0.588. The molecule has 0 radical (unpaired) electrons. The third-order valence-corrected chi connectivity index (χ3v) is 1.60. The largest absolute Gasteiger partial charge is 0.385 e. The van der Waals surface area contributed by atoms with Crippen molar-refractivity contribution in [3.8, 4) is 0 Å². The topological polar surface area (TPSA) is 50.4 Å². The molecular formula is C9H20N2O2. The van der Waals surface area contributed by atoms with E-state index in [2.05, 4.69) is 10.6 Å². The van der Waals surface area contributed by atoms with Crippen LogP contribution in [-0.4, -0.2) is 32.8 Å². The number of carbonyl (C=O) groups is 1. The number of methoxy groups -OCH3 is 1. The molecule has 0 atom stereocenters. The molecular weight excluding hydrogens is 168 g/mol. The van der Waals surface area contributed by atoms with Crippen molar-refractivity contribution in [2.75, 3.05) is 26.8 Å². The molecule has 2 N–H and O–H groups in total. The van der Waals surface area contributed by atoms with Gasteiger partial charge in [-0.1, -0.05) is 6.92 Å². The summed E-state index contributed by atoms with van der Waals surface area (Å²) in [6.45, 7) is 4.25. The molecule has 0 aromatic carbocycles. The van der Waals surface area contributed by atoms with Crippen LogP contribution in [0, 0.1) is 0 Å². The van der Waals surface area contributed by atoms with Gasteiger partial charge in [0.05, 0.1) is 0 Å². The van der Waals surface area contributed by atoms with Crippen molar-refractivity contribution in [1.82, 2.24) is 10.6 Å². The summed E-state index contributed by atoms with van der Waals surface area (Å²) in [4.78, 5) is 11.0. The molecule has 0 spiro atoms. The molecule has 78 valence electrons. The Balaban J connectivity index is 3.08. The molecule has 0 saturated carbocycles. The molecule has 0 aromatic heterocycles. The first kappa shape index (κ1) is 12.2. The Morgan fingerprint density at radius 1 is 1.23 bits per heavy atom. The highest BCUT2D eigenvalue weighted by molar-refractivity contribution is 5.73. The molecule has 0 aliphatic heterocycles. The summed E-state index contributed by atoms with van der Waals surface area (Å²) in [5.74, 6) is 0. The van der Waals surface area contributed by atoms with Gasteiger partial charge in [0.25, 0.3) is 0 Å². The van der Waals surface area contributed by atoms with Gasteiger partial charge in [0.1, 0.15) is 0 Å². The van der Waals surface area contributed by atoms with Crippen LogP contribution < -0.4 is 10.6 Å². The van der Waals surface area contributed by atoms with Crippen molar-refractivity contribution >= 4 is 6.03 Å². The molecule has 0 bridgehead atoms.